The van der Waals surface area contributed by atoms with Crippen LogP contribution >= 0.6 is 22.9 Å². The van der Waals surface area contributed by atoms with Crippen molar-refractivity contribution in [1.29, 1.82) is 0 Å². The second-order valence-corrected chi connectivity index (χ2v) is 8.22. The van der Waals surface area contributed by atoms with Gasteiger partial charge in [-0.1, -0.05) is 11.6 Å². The molecule has 5 nitrogen and oxygen atoms in total. The largest absolute Gasteiger partial charge is 0.481 e. The van der Waals surface area contributed by atoms with Gasteiger partial charge in [0.25, 0.3) is 15.9 Å². The standard InChI is InChI=1S/C10H10ClF2NO4S2/c11-7-1-2-8(19-7)20(17,18)14-4-3-6(9(15)16)10(12,13)5-14/h1-2,6H,3-5H2,(H,15,16). The van der Waals surface area contributed by atoms with E-state index in [2.05, 4.69) is 0 Å². The van der Waals surface area contributed by atoms with E-state index in [1.807, 2.05) is 0 Å². The molecular weight excluding hydrogens is 336 g/mol. The van der Waals surface area contributed by atoms with Crippen LogP contribution < -0.4 is 0 Å². The summed E-state index contributed by atoms with van der Waals surface area (Å²) in [6.07, 6.45) is -0.430. The summed E-state index contributed by atoms with van der Waals surface area (Å²) in [7, 11) is -4.07. The maximum absolute atomic E-state index is 13.7. The van der Waals surface area contributed by atoms with E-state index in [0.29, 0.717) is 4.31 Å². The van der Waals surface area contributed by atoms with E-state index in [9.17, 15) is 22.0 Å². The second-order valence-electron chi connectivity index (χ2n) is 4.34. The fraction of sp³-hybridized carbons (Fsp3) is 0.500. The Bertz CT molecular complexity index is 631. The molecular formula is C10H10ClF2NO4S2. The van der Waals surface area contributed by atoms with Crippen LogP contribution in [0.5, 0.6) is 0 Å². The average Bonchev–Trinajstić information content (AvgIpc) is 2.74. The fourth-order valence-electron chi connectivity index (χ4n) is 1.98. The number of carboxylic acids is 1. The number of hydrogen-bond donors (Lipinski definition) is 1. The summed E-state index contributed by atoms with van der Waals surface area (Å²) in [5.74, 6) is -7.08. The van der Waals surface area contributed by atoms with Gasteiger partial charge in [0.15, 0.2) is 0 Å². The van der Waals surface area contributed by atoms with Gasteiger partial charge in [-0.15, -0.1) is 11.3 Å². The highest BCUT2D eigenvalue weighted by Gasteiger charge is 2.51. The zero-order valence-corrected chi connectivity index (χ0v) is 12.3. The topological polar surface area (TPSA) is 74.7 Å². The highest BCUT2D eigenvalue weighted by Crippen LogP contribution is 2.37. The number of carboxylic acid groups (broad SMARTS) is 1. The van der Waals surface area contributed by atoms with Crippen LogP contribution in [0.4, 0.5) is 8.78 Å². The van der Waals surface area contributed by atoms with E-state index >= 15 is 0 Å². The molecule has 1 N–H and O–H groups in total. The first-order chi connectivity index (χ1) is 9.14. The molecule has 0 bridgehead atoms. The van der Waals surface area contributed by atoms with E-state index in [0.717, 1.165) is 11.3 Å². The number of halogens is 3. The maximum atomic E-state index is 13.7. The first kappa shape index (κ1) is 15.6. The number of carbonyl (C=O) groups is 1. The van der Waals surface area contributed by atoms with Gasteiger partial charge >= 0.3 is 5.97 Å². The predicted octanol–water partition coefficient (Wildman–Crippen LogP) is 2.13. The molecule has 10 heteroatoms. The van der Waals surface area contributed by atoms with Crippen molar-refractivity contribution >= 4 is 38.9 Å². The van der Waals surface area contributed by atoms with Gasteiger partial charge in [-0.05, 0) is 18.6 Å². The first-order valence-electron chi connectivity index (χ1n) is 5.51. The molecule has 1 aliphatic heterocycles. The zero-order chi connectivity index (χ0) is 15.1. The second kappa shape index (κ2) is 5.21. The minimum atomic E-state index is -4.07. The van der Waals surface area contributed by atoms with Gasteiger partial charge < -0.3 is 5.11 Å². The van der Waals surface area contributed by atoms with E-state index in [1.54, 1.807) is 0 Å². The van der Waals surface area contributed by atoms with Gasteiger partial charge in [0.05, 0.1) is 10.9 Å². The van der Waals surface area contributed by atoms with Crippen LogP contribution in [0.1, 0.15) is 6.42 Å². The molecule has 0 aromatic carbocycles. The molecule has 1 aromatic heterocycles. The Labute approximate surface area is 122 Å². The van der Waals surface area contributed by atoms with Crippen LogP contribution in [0.3, 0.4) is 0 Å². The van der Waals surface area contributed by atoms with Crippen molar-refractivity contribution in [3.8, 4) is 0 Å². The number of sulfonamides is 1. The molecule has 20 heavy (non-hydrogen) atoms. The quantitative estimate of drug-likeness (QED) is 0.910. The minimum Gasteiger partial charge on any atom is -0.481 e. The summed E-state index contributed by atoms with van der Waals surface area (Å²) in [5.41, 5.74) is 0. The van der Waals surface area contributed by atoms with Gasteiger partial charge in [0.2, 0.25) is 0 Å². The lowest BCUT2D eigenvalue weighted by molar-refractivity contribution is -0.163. The summed E-state index contributed by atoms with van der Waals surface area (Å²) in [5, 5.41) is 8.72. The summed E-state index contributed by atoms with van der Waals surface area (Å²) in [4.78, 5) is 10.7. The van der Waals surface area contributed by atoms with Crippen LogP contribution in [0.15, 0.2) is 16.3 Å². The number of nitrogens with zero attached hydrogens (tertiary/aromatic N) is 1. The monoisotopic (exact) mass is 345 g/mol. The third-order valence-corrected chi connectivity index (χ3v) is 6.55. The maximum Gasteiger partial charge on any atom is 0.312 e. The van der Waals surface area contributed by atoms with Crippen molar-refractivity contribution in [2.75, 3.05) is 13.1 Å². The van der Waals surface area contributed by atoms with Crippen LogP contribution in [0, 0.1) is 5.92 Å². The lowest BCUT2D eigenvalue weighted by Gasteiger charge is -2.35. The smallest absolute Gasteiger partial charge is 0.312 e. The highest BCUT2D eigenvalue weighted by atomic mass is 35.5. The van der Waals surface area contributed by atoms with Crippen molar-refractivity contribution in [2.24, 2.45) is 5.92 Å². The molecule has 2 rings (SSSR count). The third-order valence-electron chi connectivity index (χ3n) is 3.00. The normalized spacial score (nSPS) is 23.6. The summed E-state index contributed by atoms with van der Waals surface area (Å²) < 4.78 is 52.5. The van der Waals surface area contributed by atoms with Crippen molar-refractivity contribution in [2.45, 2.75) is 16.6 Å². The molecule has 1 aliphatic rings. The fourth-order valence-corrected chi connectivity index (χ4v) is 5.08. The molecule has 0 aliphatic carbocycles. The SMILES string of the molecule is O=C(O)C1CCN(S(=O)(=O)c2ccc(Cl)s2)CC1(F)F. The van der Waals surface area contributed by atoms with Crippen molar-refractivity contribution < 1.29 is 27.1 Å². The molecule has 0 saturated carbocycles. The number of alkyl halides is 2. The summed E-state index contributed by atoms with van der Waals surface area (Å²) in [6.45, 7) is -1.40. The number of rotatable bonds is 3. The van der Waals surface area contributed by atoms with Crippen molar-refractivity contribution in [1.82, 2.24) is 4.31 Å². The Morgan fingerprint density at radius 2 is 2.15 bits per heavy atom. The van der Waals surface area contributed by atoms with Crippen LogP contribution in [0.25, 0.3) is 0 Å². The highest BCUT2D eigenvalue weighted by molar-refractivity contribution is 7.91. The first-order valence-corrected chi connectivity index (χ1v) is 8.14. The molecule has 0 amide bonds. The molecule has 1 fully saturated rings. The third kappa shape index (κ3) is 2.80. The van der Waals surface area contributed by atoms with Crippen molar-refractivity contribution in [3.05, 3.63) is 16.5 Å². The summed E-state index contributed by atoms with van der Waals surface area (Å²) >= 11 is 6.41. The van der Waals surface area contributed by atoms with Gasteiger partial charge in [-0.3, -0.25) is 4.79 Å². The Hall–Kier alpha value is -0.770. The zero-order valence-electron chi connectivity index (χ0n) is 9.92. The Kier molecular flexibility index (Phi) is 4.07. The van der Waals surface area contributed by atoms with Gasteiger partial charge in [0, 0.05) is 6.54 Å². The average molecular weight is 346 g/mol. The van der Waals surface area contributed by atoms with Crippen LogP contribution in [0.2, 0.25) is 4.34 Å². The van der Waals surface area contributed by atoms with E-state index in [4.69, 9.17) is 16.7 Å². The lowest BCUT2D eigenvalue weighted by atomic mass is 9.94. The van der Waals surface area contributed by atoms with Crippen molar-refractivity contribution in [3.63, 3.8) is 0 Å². The minimum absolute atomic E-state index is 0.132. The molecule has 1 atom stereocenters. The van der Waals surface area contributed by atoms with Crippen LogP contribution in [-0.4, -0.2) is 42.8 Å². The Morgan fingerprint density at radius 1 is 1.50 bits per heavy atom. The molecule has 0 spiro atoms. The van der Waals surface area contributed by atoms with Gasteiger partial charge in [-0.2, -0.15) is 4.31 Å². The molecule has 1 unspecified atom stereocenters. The van der Waals surface area contributed by atoms with Gasteiger partial charge in [0.1, 0.15) is 10.1 Å². The number of thiophene rings is 1. The molecule has 1 aromatic rings. The molecule has 0 radical (unpaired) electrons. The molecule has 1 saturated heterocycles. The lowest BCUT2D eigenvalue weighted by Crippen LogP contribution is -2.52. The Morgan fingerprint density at radius 3 is 2.60 bits per heavy atom. The number of hydrogen-bond acceptors (Lipinski definition) is 4. The van der Waals surface area contributed by atoms with E-state index in [1.165, 1.54) is 12.1 Å². The van der Waals surface area contributed by atoms with Gasteiger partial charge in [-0.25, -0.2) is 17.2 Å². The van der Waals surface area contributed by atoms with E-state index < -0.39 is 40.8 Å². The summed E-state index contributed by atoms with van der Waals surface area (Å²) in [6, 6.07) is 2.60. The number of piperidine rings is 1. The molecule has 2 heterocycles. The molecule has 112 valence electrons. The predicted molar refractivity (Wildman–Crippen MR) is 68.8 cm³/mol. The number of aliphatic carboxylic acids is 1. The van der Waals surface area contributed by atoms with Crippen LogP contribution in [-0.2, 0) is 14.8 Å². The van der Waals surface area contributed by atoms with E-state index in [-0.39, 0.29) is 15.1 Å². The Balaban J connectivity index is 2.26.